The van der Waals surface area contributed by atoms with Crippen molar-refractivity contribution in [2.24, 2.45) is 0 Å². The number of nitrogens with one attached hydrogen (secondary N) is 1. The van der Waals surface area contributed by atoms with E-state index in [0.717, 1.165) is 17.9 Å². The number of nitrogens with zero attached hydrogens (tertiary/aromatic N) is 1. The Labute approximate surface area is 93.9 Å². The molecule has 15 heavy (non-hydrogen) atoms. The molecule has 0 amide bonds. The minimum absolute atomic E-state index is 0.651. The van der Waals surface area contributed by atoms with Crippen LogP contribution in [0.2, 0.25) is 0 Å². The van der Waals surface area contributed by atoms with Crippen LogP contribution >= 0.6 is 12.6 Å². The molecule has 1 aromatic heterocycles. The lowest BCUT2D eigenvalue weighted by Crippen LogP contribution is -1.89. The number of methoxy groups -OCH3 is 1. The van der Waals surface area contributed by atoms with Gasteiger partial charge < -0.3 is 9.72 Å². The van der Waals surface area contributed by atoms with Crippen molar-refractivity contribution >= 4 is 12.6 Å². The van der Waals surface area contributed by atoms with Crippen LogP contribution in [0.4, 0.5) is 0 Å². The molecule has 78 valence electrons. The number of H-pyrrole nitrogens is 1. The standard InChI is InChI=1S/C11H12N2OS/c1-14-10-4-2-8(3-5-10)6-9-7-12-11(15)13-9/h2-5,7H,6H2,1H3,(H2,12,13,15). The molecule has 0 spiro atoms. The van der Waals surface area contributed by atoms with E-state index in [2.05, 4.69) is 22.6 Å². The van der Waals surface area contributed by atoms with Crippen LogP contribution in [-0.4, -0.2) is 17.1 Å². The quantitative estimate of drug-likeness (QED) is 0.779. The van der Waals surface area contributed by atoms with Crippen LogP contribution in [0.3, 0.4) is 0 Å². The number of ether oxygens (including phenoxy) is 1. The fourth-order valence-corrected chi connectivity index (χ4v) is 1.58. The minimum Gasteiger partial charge on any atom is -0.497 e. The van der Waals surface area contributed by atoms with Crippen LogP contribution < -0.4 is 4.74 Å². The molecule has 2 aromatic rings. The van der Waals surface area contributed by atoms with Gasteiger partial charge in [0, 0.05) is 12.6 Å². The van der Waals surface area contributed by atoms with Gasteiger partial charge in [-0.3, -0.25) is 0 Å². The third kappa shape index (κ3) is 2.53. The van der Waals surface area contributed by atoms with E-state index in [1.165, 1.54) is 5.56 Å². The van der Waals surface area contributed by atoms with E-state index in [4.69, 9.17) is 4.74 Å². The molecule has 0 aliphatic carbocycles. The van der Waals surface area contributed by atoms with Gasteiger partial charge in [0.05, 0.1) is 12.8 Å². The first kappa shape index (κ1) is 10.1. The Kier molecular flexibility index (Phi) is 2.97. The lowest BCUT2D eigenvalue weighted by Gasteiger charge is -2.01. The molecule has 0 aliphatic heterocycles. The van der Waals surface area contributed by atoms with Crippen molar-refractivity contribution in [2.75, 3.05) is 7.11 Å². The molecule has 4 heteroatoms. The molecule has 0 saturated heterocycles. The Morgan fingerprint density at radius 2 is 2.07 bits per heavy atom. The third-order valence-corrected chi connectivity index (χ3v) is 2.39. The summed E-state index contributed by atoms with van der Waals surface area (Å²) in [4.78, 5) is 7.17. The highest BCUT2D eigenvalue weighted by Gasteiger charge is 2.00. The highest BCUT2D eigenvalue weighted by molar-refractivity contribution is 7.80. The Morgan fingerprint density at radius 1 is 1.33 bits per heavy atom. The summed E-state index contributed by atoms with van der Waals surface area (Å²) in [6.45, 7) is 0. The van der Waals surface area contributed by atoms with Crippen LogP contribution in [0.1, 0.15) is 11.3 Å². The number of aromatic nitrogens is 2. The summed E-state index contributed by atoms with van der Waals surface area (Å²) < 4.78 is 5.09. The van der Waals surface area contributed by atoms with Gasteiger partial charge in [0.15, 0.2) is 5.16 Å². The molecule has 3 nitrogen and oxygen atoms in total. The molecular weight excluding hydrogens is 208 g/mol. The molecule has 1 N–H and O–H groups in total. The maximum atomic E-state index is 5.09. The van der Waals surface area contributed by atoms with Gasteiger partial charge in [-0.1, -0.05) is 12.1 Å². The molecule has 0 unspecified atom stereocenters. The molecule has 0 aliphatic rings. The first-order valence-electron chi connectivity index (χ1n) is 4.64. The molecule has 1 aromatic carbocycles. The van der Waals surface area contributed by atoms with Gasteiger partial charge in [0.2, 0.25) is 0 Å². The number of thiol groups is 1. The summed E-state index contributed by atoms with van der Waals surface area (Å²) in [5.41, 5.74) is 2.20. The van der Waals surface area contributed by atoms with Crippen LogP contribution in [0.5, 0.6) is 5.75 Å². The number of hydrogen-bond acceptors (Lipinski definition) is 3. The van der Waals surface area contributed by atoms with Gasteiger partial charge in [-0.15, -0.1) is 12.6 Å². The van der Waals surface area contributed by atoms with E-state index in [9.17, 15) is 0 Å². The average molecular weight is 220 g/mol. The number of aromatic amines is 1. The van der Waals surface area contributed by atoms with E-state index >= 15 is 0 Å². The minimum atomic E-state index is 0.651. The predicted molar refractivity (Wildman–Crippen MR) is 61.6 cm³/mol. The summed E-state index contributed by atoms with van der Waals surface area (Å²) in [6.07, 6.45) is 2.67. The number of rotatable bonds is 3. The molecule has 0 bridgehead atoms. The Hall–Kier alpha value is -1.42. The zero-order valence-electron chi connectivity index (χ0n) is 8.40. The maximum absolute atomic E-state index is 5.09. The topological polar surface area (TPSA) is 37.9 Å². The Balaban J connectivity index is 2.11. The van der Waals surface area contributed by atoms with Gasteiger partial charge in [-0.05, 0) is 17.7 Å². The van der Waals surface area contributed by atoms with Crippen molar-refractivity contribution in [3.05, 3.63) is 41.7 Å². The first-order chi connectivity index (χ1) is 7.28. The van der Waals surface area contributed by atoms with Crippen molar-refractivity contribution in [2.45, 2.75) is 11.6 Å². The van der Waals surface area contributed by atoms with Crippen molar-refractivity contribution in [1.29, 1.82) is 0 Å². The Morgan fingerprint density at radius 3 is 2.60 bits per heavy atom. The van der Waals surface area contributed by atoms with E-state index < -0.39 is 0 Å². The van der Waals surface area contributed by atoms with Gasteiger partial charge in [0.25, 0.3) is 0 Å². The summed E-state index contributed by atoms with van der Waals surface area (Å²) in [6, 6.07) is 7.96. The summed E-state index contributed by atoms with van der Waals surface area (Å²) in [7, 11) is 1.66. The molecule has 0 fully saturated rings. The zero-order valence-corrected chi connectivity index (χ0v) is 9.29. The largest absolute Gasteiger partial charge is 0.497 e. The van der Waals surface area contributed by atoms with Gasteiger partial charge >= 0.3 is 0 Å². The fraction of sp³-hybridized carbons (Fsp3) is 0.182. The van der Waals surface area contributed by atoms with E-state index in [1.54, 1.807) is 7.11 Å². The lowest BCUT2D eigenvalue weighted by atomic mass is 10.1. The molecule has 2 rings (SSSR count). The van der Waals surface area contributed by atoms with Crippen molar-refractivity contribution in [1.82, 2.24) is 9.97 Å². The average Bonchev–Trinajstić information content (AvgIpc) is 2.65. The van der Waals surface area contributed by atoms with E-state index in [-0.39, 0.29) is 0 Å². The predicted octanol–water partition coefficient (Wildman–Crippen LogP) is 2.30. The van der Waals surface area contributed by atoms with Gasteiger partial charge in [-0.2, -0.15) is 0 Å². The number of benzene rings is 1. The maximum Gasteiger partial charge on any atom is 0.162 e. The van der Waals surface area contributed by atoms with Crippen LogP contribution in [-0.2, 0) is 6.42 Å². The number of imidazole rings is 1. The lowest BCUT2D eigenvalue weighted by molar-refractivity contribution is 0.414. The molecule has 0 atom stereocenters. The molecule has 0 radical (unpaired) electrons. The second kappa shape index (κ2) is 4.40. The monoisotopic (exact) mass is 220 g/mol. The summed E-state index contributed by atoms with van der Waals surface area (Å²) in [5.74, 6) is 0.871. The highest BCUT2D eigenvalue weighted by atomic mass is 32.1. The third-order valence-electron chi connectivity index (χ3n) is 2.16. The second-order valence-electron chi connectivity index (χ2n) is 3.24. The van der Waals surface area contributed by atoms with E-state index in [1.807, 2.05) is 30.5 Å². The normalized spacial score (nSPS) is 10.3. The van der Waals surface area contributed by atoms with Crippen molar-refractivity contribution < 1.29 is 4.74 Å². The second-order valence-corrected chi connectivity index (χ2v) is 3.66. The molecule has 1 heterocycles. The first-order valence-corrected chi connectivity index (χ1v) is 5.09. The zero-order chi connectivity index (χ0) is 10.7. The smallest absolute Gasteiger partial charge is 0.162 e. The number of hydrogen-bond donors (Lipinski definition) is 2. The molecule has 0 saturated carbocycles. The van der Waals surface area contributed by atoms with Crippen LogP contribution in [0, 0.1) is 0 Å². The summed E-state index contributed by atoms with van der Waals surface area (Å²) in [5, 5.41) is 0.651. The van der Waals surface area contributed by atoms with Crippen LogP contribution in [0.25, 0.3) is 0 Å². The van der Waals surface area contributed by atoms with Gasteiger partial charge in [-0.25, -0.2) is 4.98 Å². The summed E-state index contributed by atoms with van der Waals surface area (Å²) >= 11 is 4.12. The highest BCUT2D eigenvalue weighted by Crippen LogP contribution is 2.14. The van der Waals surface area contributed by atoms with Crippen molar-refractivity contribution in [3.63, 3.8) is 0 Å². The van der Waals surface area contributed by atoms with Gasteiger partial charge in [0.1, 0.15) is 5.75 Å². The van der Waals surface area contributed by atoms with Crippen LogP contribution in [0.15, 0.2) is 35.6 Å². The van der Waals surface area contributed by atoms with E-state index in [0.29, 0.717) is 5.16 Å². The van der Waals surface area contributed by atoms with Crippen molar-refractivity contribution in [3.8, 4) is 5.75 Å². The SMILES string of the molecule is COc1ccc(Cc2c[nH]c(S)n2)cc1. The Bertz CT molecular complexity index is 436. The molecular formula is C11H12N2OS. The fourth-order valence-electron chi connectivity index (χ4n) is 1.39.